The number of para-hydroxylation sites is 1. The van der Waals surface area contributed by atoms with Gasteiger partial charge in [-0.25, -0.2) is 9.59 Å². The van der Waals surface area contributed by atoms with Crippen LogP contribution in [0, 0.1) is 0 Å². The van der Waals surface area contributed by atoms with Crippen molar-refractivity contribution in [2.75, 3.05) is 0 Å². The van der Waals surface area contributed by atoms with Crippen LogP contribution in [0.3, 0.4) is 0 Å². The van der Waals surface area contributed by atoms with Crippen LogP contribution in [0.1, 0.15) is 0 Å². The van der Waals surface area contributed by atoms with Crippen LogP contribution < -0.4 is 11.3 Å². The van der Waals surface area contributed by atoms with Crippen molar-refractivity contribution in [3.63, 3.8) is 0 Å². The van der Waals surface area contributed by atoms with Gasteiger partial charge in [-0.1, -0.05) is 78.9 Å². The molecule has 5 rings (SSSR count). The molecule has 0 N–H and O–H groups in total. The lowest BCUT2D eigenvalue weighted by molar-refractivity contribution is 0.525. The van der Waals surface area contributed by atoms with Gasteiger partial charge in [0.05, 0.1) is 0 Å². The quantitative estimate of drug-likeness (QED) is 0.317. The Kier molecular flexibility index (Phi) is 3.69. The number of benzene rings is 3. The number of rotatable bonds is 2. The summed E-state index contributed by atoms with van der Waals surface area (Å²) < 4.78 is 11.1. The summed E-state index contributed by atoms with van der Waals surface area (Å²) in [5.41, 5.74) is 1.35. The van der Waals surface area contributed by atoms with Crippen molar-refractivity contribution in [3.05, 3.63) is 106 Å². The van der Waals surface area contributed by atoms with Crippen molar-refractivity contribution < 1.29 is 8.83 Å². The Morgan fingerprint density at radius 1 is 0.536 bits per heavy atom. The zero-order valence-corrected chi connectivity index (χ0v) is 14.7. The maximum absolute atomic E-state index is 12.8. The highest BCUT2D eigenvalue weighted by Gasteiger charge is 2.22. The molecule has 0 fully saturated rings. The van der Waals surface area contributed by atoms with E-state index in [4.69, 9.17) is 8.83 Å². The second-order valence-electron chi connectivity index (χ2n) is 6.46. The molecular weight excluding hydrogens is 352 g/mol. The zero-order chi connectivity index (χ0) is 19.1. The second-order valence-corrected chi connectivity index (χ2v) is 6.46. The van der Waals surface area contributed by atoms with Crippen molar-refractivity contribution >= 4 is 21.7 Å². The third-order valence-corrected chi connectivity index (χ3v) is 4.79. The minimum atomic E-state index is -0.701. The summed E-state index contributed by atoms with van der Waals surface area (Å²) in [6.45, 7) is 0. The summed E-state index contributed by atoms with van der Waals surface area (Å²) in [4.78, 5) is 25.4. The fourth-order valence-corrected chi connectivity index (χ4v) is 3.58. The molecule has 0 radical (unpaired) electrons. The Morgan fingerprint density at radius 2 is 1.11 bits per heavy atom. The molecule has 4 heteroatoms. The topological polar surface area (TPSA) is 60.4 Å². The second kappa shape index (κ2) is 6.35. The van der Waals surface area contributed by atoms with E-state index in [1.165, 1.54) is 0 Å². The van der Waals surface area contributed by atoms with E-state index >= 15 is 0 Å². The predicted molar refractivity (Wildman–Crippen MR) is 109 cm³/mol. The molecule has 134 valence electrons. The summed E-state index contributed by atoms with van der Waals surface area (Å²) in [5, 5.41) is 1.17. The molecule has 28 heavy (non-hydrogen) atoms. The molecule has 0 amide bonds. The van der Waals surface area contributed by atoms with Gasteiger partial charge in [0, 0.05) is 21.9 Å². The third-order valence-electron chi connectivity index (χ3n) is 4.79. The highest BCUT2D eigenvalue weighted by atomic mass is 16.4. The van der Waals surface area contributed by atoms with Crippen molar-refractivity contribution in [3.8, 4) is 22.5 Å². The van der Waals surface area contributed by atoms with Crippen molar-refractivity contribution in [1.82, 2.24) is 0 Å². The van der Waals surface area contributed by atoms with E-state index in [9.17, 15) is 9.59 Å². The monoisotopic (exact) mass is 366 g/mol. The molecular formula is C24H14O4. The SMILES string of the molecule is O=c1oc(-c2ccccc2)c(-c2ccccc2)c2c1c(=O)oc1ccccc12. The Balaban J connectivity index is 2.09. The number of fused-ring (bicyclic) bond motifs is 3. The van der Waals surface area contributed by atoms with Gasteiger partial charge in [0.2, 0.25) is 0 Å². The van der Waals surface area contributed by atoms with Crippen LogP contribution in [0.4, 0.5) is 0 Å². The summed E-state index contributed by atoms with van der Waals surface area (Å²) in [6.07, 6.45) is 0. The van der Waals surface area contributed by atoms with E-state index in [-0.39, 0.29) is 5.39 Å². The van der Waals surface area contributed by atoms with Crippen molar-refractivity contribution in [2.24, 2.45) is 0 Å². The van der Waals surface area contributed by atoms with Crippen LogP contribution in [0.2, 0.25) is 0 Å². The smallest absolute Gasteiger partial charge is 0.351 e. The molecule has 5 aromatic rings. The van der Waals surface area contributed by atoms with Crippen LogP contribution in [-0.2, 0) is 0 Å². The lowest BCUT2D eigenvalue weighted by atomic mass is 9.94. The van der Waals surface area contributed by atoms with Crippen molar-refractivity contribution in [1.29, 1.82) is 0 Å². The number of hydrogen-bond acceptors (Lipinski definition) is 4. The Morgan fingerprint density at radius 3 is 1.82 bits per heavy atom. The van der Waals surface area contributed by atoms with Gasteiger partial charge < -0.3 is 8.83 Å². The van der Waals surface area contributed by atoms with Gasteiger partial charge in [-0.3, -0.25) is 0 Å². The van der Waals surface area contributed by atoms with E-state index < -0.39 is 11.3 Å². The molecule has 0 bridgehead atoms. The molecule has 0 saturated carbocycles. The van der Waals surface area contributed by atoms with Gasteiger partial charge in [-0.15, -0.1) is 0 Å². The van der Waals surface area contributed by atoms with Gasteiger partial charge in [-0.2, -0.15) is 0 Å². The molecule has 0 aliphatic rings. The highest BCUT2D eigenvalue weighted by Crippen LogP contribution is 2.38. The minimum Gasteiger partial charge on any atom is -0.422 e. The predicted octanol–water partition coefficient (Wildman–Crippen LogP) is 5.23. The largest absolute Gasteiger partial charge is 0.422 e. The zero-order valence-electron chi connectivity index (χ0n) is 14.7. The molecule has 0 atom stereocenters. The molecule has 4 nitrogen and oxygen atoms in total. The molecule has 0 spiro atoms. The van der Waals surface area contributed by atoms with Crippen LogP contribution in [0.5, 0.6) is 0 Å². The van der Waals surface area contributed by atoms with Crippen LogP contribution in [-0.4, -0.2) is 0 Å². The van der Waals surface area contributed by atoms with E-state index in [0.717, 1.165) is 11.1 Å². The number of hydrogen-bond donors (Lipinski definition) is 0. The molecule has 2 aromatic heterocycles. The molecule has 0 aliphatic heterocycles. The minimum absolute atomic E-state index is 0.0720. The van der Waals surface area contributed by atoms with Crippen LogP contribution in [0.25, 0.3) is 44.2 Å². The Hall–Kier alpha value is -3.92. The Labute approximate surface area is 159 Å². The van der Waals surface area contributed by atoms with E-state index in [1.54, 1.807) is 12.1 Å². The normalized spacial score (nSPS) is 11.1. The Bertz CT molecular complexity index is 1430. The first-order chi connectivity index (χ1) is 13.7. The summed E-state index contributed by atoms with van der Waals surface area (Å²) in [5.74, 6) is 0.431. The van der Waals surface area contributed by atoms with Gasteiger partial charge in [0.25, 0.3) is 0 Å². The first kappa shape index (κ1) is 16.3. The van der Waals surface area contributed by atoms with Gasteiger partial charge >= 0.3 is 11.3 Å². The summed E-state index contributed by atoms with van der Waals surface area (Å²) in [7, 11) is 0. The standard InChI is InChI=1S/C24H14O4/c25-23-21-20(17-13-7-8-14-18(17)27-23)19(15-9-3-1-4-10-15)22(28-24(21)26)16-11-5-2-6-12-16/h1-14H. The van der Waals surface area contributed by atoms with Crippen LogP contribution >= 0.6 is 0 Å². The summed E-state index contributed by atoms with van der Waals surface area (Å²) >= 11 is 0. The van der Waals surface area contributed by atoms with Gasteiger partial charge in [0.1, 0.15) is 11.3 Å². The summed E-state index contributed by atoms with van der Waals surface area (Å²) in [6, 6.07) is 26.2. The third kappa shape index (κ3) is 2.47. The fourth-order valence-electron chi connectivity index (χ4n) is 3.58. The van der Waals surface area contributed by atoms with Crippen LogP contribution in [0.15, 0.2) is 103 Å². The molecule has 0 aliphatic carbocycles. The van der Waals surface area contributed by atoms with Gasteiger partial charge in [0.15, 0.2) is 5.39 Å². The average molecular weight is 366 g/mol. The van der Waals surface area contributed by atoms with Crippen molar-refractivity contribution in [2.45, 2.75) is 0 Å². The maximum Gasteiger partial charge on any atom is 0.351 e. The van der Waals surface area contributed by atoms with E-state index in [0.29, 0.717) is 27.7 Å². The lowest BCUT2D eigenvalue weighted by Crippen LogP contribution is -2.13. The van der Waals surface area contributed by atoms with E-state index in [1.807, 2.05) is 72.8 Å². The lowest BCUT2D eigenvalue weighted by Gasteiger charge is -2.13. The maximum atomic E-state index is 12.8. The molecule has 0 unspecified atom stereocenters. The molecule has 3 aromatic carbocycles. The first-order valence-corrected chi connectivity index (χ1v) is 8.87. The van der Waals surface area contributed by atoms with E-state index in [2.05, 4.69) is 0 Å². The highest BCUT2D eigenvalue weighted by molar-refractivity contribution is 6.14. The first-order valence-electron chi connectivity index (χ1n) is 8.87. The average Bonchev–Trinajstić information content (AvgIpc) is 2.74. The van der Waals surface area contributed by atoms with Gasteiger partial charge in [-0.05, 0) is 11.6 Å². The molecule has 2 heterocycles. The fraction of sp³-hybridized carbons (Fsp3) is 0. The molecule has 0 saturated heterocycles.